The highest BCUT2D eigenvalue weighted by atomic mass is 16.4. The van der Waals surface area contributed by atoms with Gasteiger partial charge < -0.3 is 4.42 Å². The Morgan fingerprint density at radius 3 is 2.78 bits per heavy atom. The van der Waals surface area contributed by atoms with Crippen LogP contribution in [-0.4, -0.2) is 23.8 Å². The number of fused-ring (bicyclic) bond motifs is 5. The van der Waals surface area contributed by atoms with Crippen molar-refractivity contribution in [3.05, 3.63) is 57.9 Å². The summed E-state index contributed by atoms with van der Waals surface area (Å²) in [4.78, 5) is 25.8. The second kappa shape index (κ2) is 5.32. The van der Waals surface area contributed by atoms with Crippen molar-refractivity contribution in [3.8, 4) is 0 Å². The first-order valence-electron chi connectivity index (χ1n) is 7.81. The lowest BCUT2D eigenvalue weighted by atomic mass is 9.95. The minimum atomic E-state index is -0.280. The van der Waals surface area contributed by atoms with Crippen molar-refractivity contribution < 1.29 is 9.21 Å². The lowest BCUT2D eigenvalue weighted by molar-refractivity contribution is -0.118. The number of carbonyl (C=O) groups is 1. The molecular formula is C19H17NO3. The van der Waals surface area contributed by atoms with Crippen LogP contribution in [0.5, 0.6) is 0 Å². The van der Waals surface area contributed by atoms with Crippen LogP contribution in [0.1, 0.15) is 18.1 Å². The second-order valence-electron chi connectivity index (χ2n) is 6.17. The maximum absolute atomic E-state index is 12.5. The number of Topliss-reactive ketones (excluding diaryl/α,β-unsaturated/α-hetero) is 1. The Hall–Kier alpha value is -2.46. The minimum absolute atomic E-state index is 0.115. The maximum atomic E-state index is 12.5. The van der Waals surface area contributed by atoms with E-state index in [2.05, 4.69) is 6.07 Å². The fourth-order valence-corrected chi connectivity index (χ4v) is 3.50. The first kappa shape index (κ1) is 14.2. The Bertz CT molecular complexity index is 987. The van der Waals surface area contributed by atoms with Gasteiger partial charge in [-0.2, -0.15) is 0 Å². The molecule has 3 aromatic rings. The molecule has 2 heterocycles. The molecule has 0 saturated heterocycles. The first-order valence-corrected chi connectivity index (χ1v) is 7.81. The highest BCUT2D eigenvalue weighted by Gasteiger charge is 2.23. The summed E-state index contributed by atoms with van der Waals surface area (Å²) in [5.74, 6) is 0.115. The molecule has 0 bridgehead atoms. The molecule has 0 unspecified atom stereocenters. The van der Waals surface area contributed by atoms with Gasteiger partial charge in [-0.1, -0.05) is 36.4 Å². The van der Waals surface area contributed by atoms with Gasteiger partial charge in [0.05, 0.1) is 12.1 Å². The van der Waals surface area contributed by atoms with Crippen molar-refractivity contribution >= 4 is 27.5 Å². The molecule has 2 aromatic carbocycles. The first-order chi connectivity index (χ1) is 11.1. The quantitative estimate of drug-likeness (QED) is 0.539. The third-order valence-electron chi connectivity index (χ3n) is 4.52. The second-order valence-corrected chi connectivity index (χ2v) is 6.17. The van der Waals surface area contributed by atoms with Crippen LogP contribution in [0, 0.1) is 0 Å². The lowest BCUT2D eigenvalue weighted by Crippen LogP contribution is -2.36. The monoisotopic (exact) mass is 307 g/mol. The topological polar surface area (TPSA) is 50.5 Å². The molecule has 0 atom stereocenters. The molecule has 0 saturated carbocycles. The molecular weight excluding hydrogens is 290 g/mol. The van der Waals surface area contributed by atoms with Gasteiger partial charge in [0.2, 0.25) is 0 Å². The molecule has 116 valence electrons. The zero-order valence-corrected chi connectivity index (χ0v) is 13.0. The molecule has 23 heavy (non-hydrogen) atoms. The minimum Gasteiger partial charge on any atom is -0.422 e. The van der Waals surface area contributed by atoms with Crippen LogP contribution in [0.3, 0.4) is 0 Å². The van der Waals surface area contributed by atoms with Crippen LogP contribution in [0.25, 0.3) is 21.7 Å². The summed E-state index contributed by atoms with van der Waals surface area (Å²) < 4.78 is 5.66. The van der Waals surface area contributed by atoms with Crippen molar-refractivity contribution in [3.63, 3.8) is 0 Å². The molecule has 1 aliphatic heterocycles. The van der Waals surface area contributed by atoms with Gasteiger partial charge in [-0.05, 0) is 24.3 Å². The fourth-order valence-electron chi connectivity index (χ4n) is 3.50. The number of benzene rings is 2. The summed E-state index contributed by atoms with van der Waals surface area (Å²) in [6.45, 7) is 3.23. The zero-order chi connectivity index (χ0) is 16.0. The molecule has 1 aliphatic rings. The van der Waals surface area contributed by atoms with Gasteiger partial charge in [0.15, 0.2) is 0 Å². The van der Waals surface area contributed by atoms with Crippen molar-refractivity contribution in [2.75, 3.05) is 13.1 Å². The van der Waals surface area contributed by atoms with E-state index in [9.17, 15) is 9.59 Å². The summed E-state index contributed by atoms with van der Waals surface area (Å²) in [6, 6.07) is 12.0. The molecule has 1 aromatic heterocycles. The van der Waals surface area contributed by atoms with Crippen molar-refractivity contribution in [1.82, 2.24) is 4.90 Å². The van der Waals surface area contributed by atoms with Crippen LogP contribution in [0.15, 0.2) is 45.6 Å². The van der Waals surface area contributed by atoms with E-state index >= 15 is 0 Å². The van der Waals surface area contributed by atoms with Gasteiger partial charge in [0.25, 0.3) is 0 Å². The van der Waals surface area contributed by atoms with E-state index in [1.54, 1.807) is 6.92 Å². The lowest BCUT2D eigenvalue weighted by Gasteiger charge is -2.27. The Balaban J connectivity index is 1.92. The number of rotatable bonds is 2. The Labute approximate surface area is 133 Å². The van der Waals surface area contributed by atoms with E-state index in [0.717, 1.165) is 34.7 Å². The molecule has 0 radical (unpaired) electrons. The summed E-state index contributed by atoms with van der Waals surface area (Å²) in [5.41, 5.74) is 2.16. The molecule has 4 nitrogen and oxygen atoms in total. The van der Waals surface area contributed by atoms with Gasteiger partial charge in [-0.15, -0.1) is 0 Å². The molecule has 0 fully saturated rings. The predicted octanol–water partition coefficient (Wildman–Crippen LogP) is 2.89. The van der Waals surface area contributed by atoms with Gasteiger partial charge in [0, 0.05) is 23.9 Å². The number of carbonyl (C=O) groups excluding carboxylic acids is 1. The fraction of sp³-hybridized carbons (Fsp3) is 0.263. The number of hydrogen-bond donors (Lipinski definition) is 0. The number of hydrogen-bond acceptors (Lipinski definition) is 4. The van der Waals surface area contributed by atoms with E-state index < -0.39 is 0 Å². The van der Waals surface area contributed by atoms with Crippen LogP contribution >= 0.6 is 0 Å². The van der Waals surface area contributed by atoms with Gasteiger partial charge in [-0.3, -0.25) is 9.69 Å². The van der Waals surface area contributed by atoms with Crippen LogP contribution in [0.2, 0.25) is 0 Å². The molecule has 0 amide bonds. The molecule has 0 aliphatic carbocycles. The molecule has 0 spiro atoms. The van der Waals surface area contributed by atoms with Gasteiger partial charge in [-0.25, -0.2) is 4.79 Å². The summed E-state index contributed by atoms with van der Waals surface area (Å²) in [7, 11) is 0. The smallest absolute Gasteiger partial charge is 0.341 e. The van der Waals surface area contributed by atoms with Crippen molar-refractivity contribution in [2.45, 2.75) is 19.9 Å². The van der Waals surface area contributed by atoms with Crippen LogP contribution in [0.4, 0.5) is 0 Å². The summed E-state index contributed by atoms with van der Waals surface area (Å²) in [5, 5.41) is 3.05. The third-order valence-corrected chi connectivity index (χ3v) is 4.52. The van der Waals surface area contributed by atoms with E-state index in [1.165, 1.54) is 0 Å². The van der Waals surface area contributed by atoms with Crippen molar-refractivity contribution in [1.29, 1.82) is 0 Å². The SMILES string of the molecule is CC(=O)CN1CCc2c(c(=O)oc3c2ccc2ccccc23)C1. The van der Waals surface area contributed by atoms with E-state index in [-0.39, 0.29) is 11.4 Å². The van der Waals surface area contributed by atoms with Crippen LogP contribution < -0.4 is 5.63 Å². The average molecular weight is 307 g/mol. The highest BCUT2D eigenvalue weighted by molar-refractivity contribution is 6.05. The van der Waals surface area contributed by atoms with E-state index in [1.807, 2.05) is 35.2 Å². The van der Waals surface area contributed by atoms with Crippen molar-refractivity contribution in [2.24, 2.45) is 0 Å². The molecule has 4 rings (SSSR count). The summed E-state index contributed by atoms with van der Waals surface area (Å²) in [6.07, 6.45) is 0.767. The normalized spacial score (nSPS) is 15.0. The Morgan fingerprint density at radius 2 is 1.96 bits per heavy atom. The number of ketones is 1. The number of nitrogens with zero attached hydrogens (tertiary/aromatic N) is 1. The largest absolute Gasteiger partial charge is 0.422 e. The summed E-state index contributed by atoms with van der Waals surface area (Å²) >= 11 is 0. The maximum Gasteiger partial charge on any atom is 0.341 e. The molecule has 4 heteroatoms. The Kier molecular flexibility index (Phi) is 3.27. The third kappa shape index (κ3) is 2.35. The van der Waals surface area contributed by atoms with Crippen LogP contribution in [-0.2, 0) is 17.8 Å². The van der Waals surface area contributed by atoms with E-state index in [0.29, 0.717) is 24.2 Å². The molecule has 0 N–H and O–H groups in total. The zero-order valence-electron chi connectivity index (χ0n) is 13.0. The van der Waals surface area contributed by atoms with E-state index in [4.69, 9.17) is 4.42 Å². The standard InChI is InChI=1S/C19H17NO3/c1-12(21)10-20-9-8-15-16-7-6-13-4-2-3-5-14(13)18(16)23-19(22)17(15)11-20/h2-7H,8-11H2,1H3. The Morgan fingerprint density at radius 1 is 1.13 bits per heavy atom. The van der Waals surface area contributed by atoms with Gasteiger partial charge >= 0.3 is 5.63 Å². The van der Waals surface area contributed by atoms with Gasteiger partial charge in [0.1, 0.15) is 11.4 Å². The average Bonchev–Trinajstić information content (AvgIpc) is 2.54. The highest BCUT2D eigenvalue weighted by Crippen LogP contribution is 2.30. The predicted molar refractivity (Wildman–Crippen MR) is 89.7 cm³/mol.